The van der Waals surface area contributed by atoms with Gasteiger partial charge in [0.1, 0.15) is 0 Å². The summed E-state index contributed by atoms with van der Waals surface area (Å²) in [5.74, 6) is 0. The van der Waals surface area contributed by atoms with Crippen LogP contribution in [0.15, 0.2) is 60.8 Å². The maximum atomic E-state index is 6.11. The third kappa shape index (κ3) is 5.16. The van der Waals surface area contributed by atoms with Crippen molar-refractivity contribution in [2.24, 2.45) is 0 Å². The Morgan fingerprint density at radius 3 is 2.44 bits per heavy atom. The molecule has 2 heterocycles. The van der Waals surface area contributed by atoms with Crippen LogP contribution >= 0.6 is 23.4 Å². The Morgan fingerprint density at radius 1 is 1.16 bits per heavy atom. The molecule has 0 spiro atoms. The van der Waals surface area contributed by atoms with Crippen LogP contribution < -0.4 is 0 Å². The molecule has 0 unspecified atom stereocenters. The van der Waals surface area contributed by atoms with Gasteiger partial charge in [0.2, 0.25) is 0 Å². The van der Waals surface area contributed by atoms with Crippen molar-refractivity contribution in [2.75, 3.05) is 6.26 Å². The van der Waals surface area contributed by atoms with Crippen molar-refractivity contribution in [3.63, 3.8) is 0 Å². The molecule has 0 aromatic carbocycles. The van der Waals surface area contributed by atoms with E-state index in [-0.39, 0.29) is 0 Å². The Kier molecular flexibility index (Phi) is 6.42. The largest absolute Gasteiger partial charge is 0.262 e. The fourth-order valence-corrected chi connectivity index (χ4v) is 2.42. The third-order valence-electron chi connectivity index (χ3n) is 3.41. The highest BCUT2D eigenvalue weighted by Crippen LogP contribution is 2.30. The molecule has 0 bridgehead atoms. The van der Waals surface area contributed by atoms with Crippen LogP contribution in [0.2, 0.25) is 5.02 Å². The summed E-state index contributed by atoms with van der Waals surface area (Å²) in [5.41, 5.74) is 3.41. The van der Waals surface area contributed by atoms with Gasteiger partial charge in [-0.15, -0.1) is 11.8 Å². The highest BCUT2D eigenvalue weighted by atomic mass is 35.5. The zero-order valence-electron chi connectivity index (χ0n) is 13.9. The molecule has 2 rings (SSSR count). The monoisotopic (exact) mass is 358 g/mol. The van der Waals surface area contributed by atoms with Gasteiger partial charge >= 0.3 is 0 Å². The molecule has 0 fully saturated rings. The molecule has 2 aromatic heterocycles. The summed E-state index contributed by atoms with van der Waals surface area (Å²) >= 11 is 7.67. The quantitative estimate of drug-likeness (QED) is 0.579. The summed E-state index contributed by atoms with van der Waals surface area (Å²) in [6.45, 7) is 8.02. The molecule has 6 radical (unpaired) electrons. The highest BCUT2D eigenvalue weighted by molar-refractivity contribution is 8.02. The summed E-state index contributed by atoms with van der Waals surface area (Å²) in [5, 5.41) is -0.967. The molecular formula is C18H14B3ClN2S. The van der Waals surface area contributed by atoms with E-state index in [0.29, 0.717) is 16.4 Å². The van der Waals surface area contributed by atoms with Crippen LogP contribution in [0.3, 0.4) is 0 Å². The number of thioether (sulfide) groups is 1. The number of halogens is 1. The zero-order chi connectivity index (χ0) is 18.6. The highest BCUT2D eigenvalue weighted by Gasteiger charge is 2.15. The maximum absolute atomic E-state index is 6.11. The topological polar surface area (TPSA) is 25.8 Å². The Hall–Kier alpha value is -1.65. The van der Waals surface area contributed by atoms with Gasteiger partial charge in [-0.1, -0.05) is 35.9 Å². The Bertz CT molecular complexity index is 827. The minimum absolute atomic E-state index is 0.377. The SMILES string of the molecule is [B]C([B])([B])c1ccc(-c2ncc(Cl)cc2C(=C)/C=C\C(=C)SC)cn1. The zero-order valence-corrected chi connectivity index (χ0v) is 15.4. The van der Waals surface area contributed by atoms with Crippen LogP contribution in [0.25, 0.3) is 16.8 Å². The van der Waals surface area contributed by atoms with Crippen molar-refractivity contribution < 1.29 is 0 Å². The van der Waals surface area contributed by atoms with Gasteiger partial charge in [0.25, 0.3) is 0 Å². The van der Waals surface area contributed by atoms with Gasteiger partial charge < -0.3 is 0 Å². The van der Waals surface area contributed by atoms with Gasteiger partial charge in [0.05, 0.1) is 34.3 Å². The predicted molar refractivity (Wildman–Crippen MR) is 112 cm³/mol. The minimum atomic E-state index is -1.49. The lowest BCUT2D eigenvalue weighted by Crippen LogP contribution is -2.28. The number of aromatic nitrogens is 2. The van der Waals surface area contributed by atoms with Gasteiger partial charge in [-0.3, -0.25) is 9.97 Å². The Balaban J connectivity index is 2.43. The second kappa shape index (κ2) is 8.16. The van der Waals surface area contributed by atoms with Gasteiger partial charge in [0.15, 0.2) is 0 Å². The van der Waals surface area contributed by atoms with E-state index in [1.807, 2.05) is 24.5 Å². The van der Waals surface area contributed by atoms with Crippen LogP contribution in [-0.2, 0) is 5.11 Å². The average Bonchev–Trinajstić information content (AvgIpc) is 2.58. The maximum Gasteiger partial charge on any atom is 0.0796 e. The predicted octanol–water partition coefficient (Wildman–Crippen LogP) is 3.86. The summed E-state index contributed by atoms with van der Waals surface area (Å²) in [6, 6.07) is 5.29. The van der Waals surface area contributed by atoms with E-state index in [4.69, 9.17) is 35.1 Å². The molecule has 0 N–H and O–H groups in total. The molecule has 0 amide bonds. The summed E-state index contributed by atoms with van der Waals surface area (Å²) < 4.78 is 0. The van der Waals surface area contributed by atoms with Crippen LogP contribution in [0.4, 0.5) is 0 Å². The molecule has 0 saturated heterocycles. The van der Waals surface area contributed by atoms with Crippen molar-refractivity contribution >= 4 is 52.5 Å². The van der Waals surface area contributed by atoms with Crippen LogP contribution in [0, 0.1) is 0 Å². The van der Waals surface area contributed by atoms with Crippen molar-refractivity contribution in [1.82, 2.24) is 9.97 Å². The number of hydrogen-bond donors (Lipinski definition) is 0. The fourth-order valence-electron chi connectivity index (χ4n) is 2.06. The Morgan fingerprint density at radius 2 is 1.88 bits per heavy atom. The average molecular weight is 358 g/mol. The molecule has 2 nitrogen and oxygen atoms in total. The lowest BCUT2D eigenvalue weighted by molar-refractivity contribution is 1.08. The first-order valence-electron chi connectivity index (χ1n) is 7.31. The van der Waals surface area contributed by atoms with E-state index in [1.165, 1.54) is 0 Å². The van der Waals surface area contributed by atoms with Crippen LogP contribution in [-0.4, -0.2) is 39.8 Å². The van der Waals surface area contributed by atoms with Crippen LogP contribution in [0.1, 0.15) is 11.3 Å². The van der Waals surface area contributed by atoms with E-state index in [9.17, 15) is 0 Å². The summed E-state index contributed by atoms with van der Waals surface area (Å²) in [4.78, 5) is 9.57. The molecule has 7 heteroatoms. The molecule has 118 valence electrons. The van der Waals surface area contributed by atoms with Crippen molar-refractivity contribution in [1.29, 1.82) is 0 Å². The van der Waals surface area contributed by atoms with Crippen molar-refractivity contribution in [2.45, 2.75) is 5.11 Å². The normalized spacial score (nSPS) is 11.6. The first-order valence-corrected chi connectivity index (χ1v) is 8.92. The van der Waals surface area contributed by atoms with E-state index < -0.39 is 5.11 Å². The first kappa shape index (κ1) is 19.7. The second-order valence-corrected chi connectivity index (χ2v) is 6.81. The molecule has 25 heavy (non-hydrogen) atoms. The minimum Gasteiger partial charge on any atom is -0.262 e. The van der Waals surface area contributed by atoms with Gasteiger partial charge in [-0.05, 0) is 41.0 Å². The lowest BCUT2D eigenvalue weighted by atomic mass is 9.41. The van der Waals surface area contributed by atoms with Gasteiger partial charge in [-0.2, -0.15) is 0 Å². The summed E-state index contributed by atoms with van der Waals surface area (Å²) in [6.07, 6.45) is 8.92. The third-order valence-corrected chi connectivity index (χ3v) is 4.28. The van der Waals surface area contributed by atoms with Crippen molar-refractivity contribution in [3.8, 4) is 11.3 Å². The molecule has 2 aromatic rings. The van der Waals surface area contributed by atoms with E-state index in [2.05, 4.69) is 23.1 Å². The van der Waals surface area contributed by atoms with Crippen LogP contribution in [0.5, 0.6) is 0 Å². The first-order chi connectivity index (χ1) is 11.7. The molecular weight excluding hydrogens is 344 g/mol. The van der Waals surface area contributed by atoms with Crippen molar-refractivity contribution in [3.05, 3.63) is 77.1 Å². The lowest BCUT2D eigenvalue weighted by Gasteiger charge is -2.19. The number of pyridine rings is 2. The fraction of sp³-hybridized carbons (Fsp3) is 0.111. The number of hydrogen-bond acceptors (Lipinski definition) is 3. The number of allylic oxidation sites excluding steroid dienone is 3. The van der Waals surface area contributed by atoms with E-state index >= 15 is 0 Å². The van der Waals surface area contributed by atoms with Gasteiger partial charge in [0, 0.05) is 29.2 Å². The molecule has 0 atom stereocenters. The standard InChI is InChI=1S/C18H14B3ClN2S/c1-11(4-5-12(2)25-3)15-8-14(22)10-24-17(15)13-6-7-16(23-9-13)18(19,20)21/h4-10H,1-2H2,3H3/b5-4-. The second-order valence-electron chi connectivity index (χ2n) is 5.44. The molecule has 0 aliphatic rings. The smallest absolute Gasteiger partial charge is 0.0796 e. The molecule has 0 aliphatic heterocycles. The number of rotatable bonds is 6. The summed E-state index contributed by atoms with van der Waals surface area (Å²) in [7, 11) is 17.0. The van der Waals surface area contributed by atoms with E-state index in [0.717, 1.165) is 21.6 Å². The van der Waals surface area contributed by atoms with Gasteiger partial charge in [-0.25, -0.2) is 0 Å². The molecule has 0 aliphatic carbocycles. The Labute approximate surface area is 162 Å². The number of nitrogens with zero attached hydrogens (tertiary/aromatic N) is 2. The molecule has 0 saturated carbocycles. The van der Waals surface area contributed by atoms with E-state index in [1.54, 1.807) is 36.3 Å².